The number of rotatable bonds is 29. The lowest BCUT2D eigenvalue weighted by Gasteiger charge is -2.30. The van der Waals surface area contributed by atoms with Gasteiger partial charge in [-0.1, -0.05) is 48.0 Å². The maximum atomic E-state index is 13.9. The summed E-state index contributed by atoms with van der Waals surface area (Å²) in [5.41, 5.74) is 16.8. The molecular weight excluding hydrogens is 822 g/mol. The summed E-state index contributed by atoms with van der Waals surface area (Å²) in [5, 5.41) is 74.7. The van der Waals surface area contributed by atoms with Gasteiger partial charge in [0.25, 0.3) is 0 Å². The smallest absolute Gasteiger partial charge is 0.328 e. The Hall–Kier alpha value is -5.21. The summed E-state index contributed by atoms with van der Waals surface area (Å²) in [5.74, 6) is -10.1. The highest BCUT2D eigenvalue weighted by Crippen LogP contribution is 2.13. The molecule has 0 saturated carbocycles. The molecule has 19 N–H and O–H groups in total. The highest BCUT2D eigenvalue weighted by Gasteiger charge is 2.37. The van der Waals surface area contributed by atoms with Gasteiger partial charge in [0.05, 0.1) is 32.0 Å². The number of nitrogens with one attached hydrogen (secondary N) is 7. The second kappa shape index (κ2) is 28.4. The van der Waals surface area contributed by atoms with E-state index in [1.807, 2.05) is 10.6 Å². The lowest BCUT2D eigenvalue weighted by molar-refractivity contribution is -0.143. The predicted octanol–water partition coefficient (Wildman–Crippen LogP) is -6.69. The number of amides is 7. The van der Waals surface area contributed by atoms with Crippen molar-refractivity contribution in [3.63, 3.8) is 0 Å². The molecule has 0 aromatic carbocycles. The Balaban J connectivity index is 6.38. The van der Waals surface area contributed by atoms with Gasteiger partial charge < -0.3 is 85.1 Å². The molecule has 0 fully saturated rings. The zero-order valence-electron chi connectivity index (χ0n) is 36.3. The standard InChI is InChI=1S/C37H69N11O14/c1-8-18(6)26(34(59)48-27(19(7)52)35(60)45-23(14-50)31(56)44-22(13-49)32(57)46-24(15-51)36(61)62)47-29(54)20(10-9-11-41-37(39)40)42-30(55)21(12-16(2)3)43-33(58)25(38)28(53)17(4)5/h16-28,49-53H,8-15,38H2,1-7H3,(H,42,55)(H,43,58)(H,44,56)(H,45,60)(H,46,57)(H,47,54)(H,48,59)(H,61,62)(H4,39,40,41)/t18-,19-,20+,21-,22?,23+,24-,25-,26-,27-,28+/m0/s1. The number of aliphatic hydroxyl groups excluding tert-OH is 5. The van der Waals surface area contributed by atoms with Crippen LogP contribution in [0.25, 0.3) is 0 Å². The van der Waals surface area contributed by atoms with Crippen LogP contribution in [0, 0.1) is 17.8 Å². The first kappa shape index (κ1) is 56.8. The molecule has 0 bridgehead atoms. The average Bonchev–Trinajstić information content (AvgIpc) is 3.20. The summed E-state index contributed by atoms with van der Waals surface area (Å²) < 4.78 is 0. The fourth-order valence-electron chi connectivity index (χ4n) is 5.57. The van der Waals surface area contributed by atoms with E-state index in [4.69, 9.17) is 27.4 Å². The molecule has 0 radical (unpaired) electrons. The number of aliphatic carboxylic acids is 1. The monoisotopic (exact) mass is 892 g/mol. The molecule has 25 nitrogen and oxygen atoms in total. The third kappa shape index (κ3) is 19.7. The number of nitrogens with two attached hydrogens (primary N) is 3. The van der Waals surface area contributed by atoms with E-state index in [1.165, 1.54) is 0 Å². The number of aliphatic hydroxyl groups is 5. The van der Waals surface area contributed by atoms with E-state index in [0.717, 1.165) is 6.92 Å². The van der Waals surface area contributed by atoms with Crippen LogP contribution in [0.1, 0.15) is 74.1 Å². The second-order valence-electron chi connectivity index (χ2n) is 15.6. The highest BCUT2D eigenvalue weighted by molar-refractivity contribution is 5.98. The summed E-state index contributed by atoms with van der Waals surface area (Å²) in [6, 6.07) is -12.6. The molecule has 0 aliphatic rings. The molecular formula is C37H69N11O14. The third-order valence-corrected chi connectivity index (χ3v) is 9.56. The Morgan fingerprint density at radius 1 is 0.581 bits per heavy atom. The van der Waals surface area contributed by atoms with Crippen LogP contribution in [0.3, 0.4) is 0 Å². The second-order valence-corrected chi connectivity index (χ2v) is 15.6. The first-order valence-corrected chi connectivity index (χ1v) is 20.2. The minimum Gasteiger partial charge on any atom is -0.480 e. The van der Waals surface area contributed by atoms with Crippen molar-refractivity contribution in [3.8, 4) is 0 Å². The van der Waals surface area contributed by atoms with E-state index < -0.39 is 134 Å². The van der Waals surface area contributed by atoms with Crippen LogP contribution < -0.4 is 54.4 Å². The van der Waals surface area contributed by atoms with Crippen molar-refractivity contribution in [2.75, 3.05) is 26.4 Å². The fourth-order valence-corrected chi connectivity index (χ4v) is 5.57. The number of carbonyl (C=O) groups excluding carboxylic acids is 7. The van der Waals surface area contributed by atoms with Crippen molar-refractivity contribution in [2.45, 2.75) is 135 Å². The van der Waals surface area contributed by atoms with Crippen LogP contribution in [-0.4, -0.2) is 171 Å². The fraction of sp³-hybridized carbons (Fsp3) is 0.757. The van der Waals surface area contributed by atoms with Crippen molar-refractivity contribution in [1.29, 1.82) is 0 Å². The van der Waals surface area contributed by atoms with Crippen LogP contribution in [0.5, 0.6) is 0 Å². The molecule has 7 amide bonds. The maximum Gasteiger partial charge on any atom is 0.328 e. The van der Waals surface area contributed by atoms with Gasteiger partial charge in [0.1, 0.15) is 48.3 Å². The lowest BCUT2D eigenvalue weighted by atomic mass is 9.96. The van der Waals surface area contributed by atoms with Crippen LogP contribution in [0.2, 0.25) is 0 Å². The van der Waals surface area contributed by atoms with Crippen LogP contribution >= 0.6 is 0 Å². The van der Waals surface area contributed by atoms with Gasteiger partial charge in [-0.25, -0.2) is 4.79 Å². The van der Waals surface area contributed by atoms with Gasteiger partial charge in [0.15, 0.2) is 5.96 Å². The van der Waals surface area contributed by atoms with Crippen LogP contribution in [0.15, 0.2) is 4.99 Å². The minimum atomic E-state index is -1.84. The Morgan fingerprint density at radius 2 is 1.00 bits per heavy atom. The van der Waals surface area contributed by atoms with E-state index in [2.05, 4.69) is 31.6 Å². The topological polar surface area (TPSA) is 433 Å². The van der Waals surface area contributed by atoms with E-state index in [1.54, 1.807) is 41.5 Å². The summed E-state index contributed by atoms with van der Waals surface area (Å²) in [6.07, 6.45) is -2.39. The number of aliphatic imine (C=N–C) groups is 1. The summed E-state index contributed by atoms with van der Waals surface area (Å²) >= 11 is 0. The molecule has 11 atom stereocenters. The van der Waals surface area contributed by atoms with Crippen LogP contribution in [-0.2, 0) is 38.4 Å². The van der Waals surface area contributed by atoms with Gasteiger partial charge in [0.2, 0.25) is 41.4 Å². The number of carboxylic acids is 1. The number of carboxylic acid groups (broad SMARTS) is 1. The number of hydrogen-bond acceptors (Lipinski definition) is 15. The number of hydrogen-bond donors (Lipinski definition) is 16. The zero-order valence-corrected chi connectivity index (χ0v) is 36.3. The van der Waals surface area contributed by atoms with Crippen molar-refractivity contribution >= 4 is 53.3 Å². The molecule has 1 unspecified atom stereocenters. The van der Waals surface area contributed by atoms with Gasteiger partial charge in [-0.3, -0.25) is 38.6 Å². The normalized spacial score (nSPS) is 16.6. The molecule has 0 heterocycles. The molecule has 0 aromatic heterocycles. The van der Waals surface area contributed by atoms with E-state index in [-0.39, 0.29) is 50.0 Å². The van der Waals surface area contributed by atoms with Gasteiger partial charge in [-0.05, 0) is 43.9 Å². The predicted molar refractivity (Wildman–Crippen MR) is 222 cm³/mol. The zero-order chi connectivity index (χ0) is 48.0. The van der Waals surface area contributed by atoms with E-state index in [0.29, 0.717) is 0 Å². The molecule has 0 saturated heterocycles. The Morgan fingerprint density at radius 3 is 1.44 bits per heavy atom. The van der Waals surface area contributed by atoms with Crippen molar-refractivity contribution < 1.29 is 69.0 Å². The first-order valence-electron chi connectivity index (χ1n) is 20.2. The number of guanidine groups is 1. The largest absolute Gasteiger partial charge is 0.480 e. The Labute approximate surface area is 360 Å². The van der Waals surface area contributed by atoms with E-state index >= 15 is 0 Å². The molecule has 0 rings (SSSR count). The van der Waals surface area contributed by atoms with Crippen molar-refractivity contribution in [3.05, 3.63) is 0 Å². The summed E-state index contributed by atoms with van der Waals surface area (Å²) in [4.78, 5) is 108. The molecule has 25 heteroatoms. The minimum absolute atomic E-state index is 0.0478. The number of nitrogens with zero attached hydrogens (tertiary/aromatic N) is 1. The van der Waals surface area contributed by atoms with Crippen LogP contribution in [0.4, 0.5) is 0 Å². The van der Waals surface area contributed by atoms with E-state index in [9.17, 15) is 58.8 Å². The quantitative estimate of drug-likeness (QED) is 0.0189. The Bertz CT molecular complexity index is 1530. The SMILES string of the molecule is CC[C@H](C)[C@H](NC(=O)[C@@H](CCCN=C(N)N)NC(=O)[C@H](CC(C)C)NC(=O)[C@@H](N)[C@H](O)C(C)C)C(=O)N[C@H](C(=O)N[C@H](CO)C(=O)NC(CO)C(=O)N[C@@H](CO)C(=O)O)[C@H](C)O. The third-order valence-electron chi connectivity index (χ3n) is 9.56. The average molecular weight is 892 g/mol. The van der Waals surface area contributed by atoms with Gasteiger partial charge >= 0.3 is 5.97 Å². The molecule has 0 spiro atoms. The van der Waals surface area contributed by atoms with Gasteiger partial charge in [-0.2, -0.15) is 0 Å². The molecule has 356 valence electrons. The van der Waals surface area contributed by atoms with Crippen molar-refractivity contribution in [1.82, 2.24) is 37.2 Å². The summed E-state index contributed by atoms with van der Waals surface area (Å²) in [6.45, 7) is 8.17. The number of carbonyl (C=O) groups is 8. The molecule has 0 aromatic rings. The maximum absolute atomic E-state index is 13.9. The van der Waals surface area contributed by atoms with Gasteiger partial charge in [-0.15, -0.1) is 0 Å². The molecule has 0 aliphatic carbocycles. The Kier molecular flexibility index (Phi) is 26.0. The molecule has 62 heavy (non-hydrogen) atoms. The summed E-state index contributed by atoms with van der Waals surface area (Å²) in [7, 11) is 0. The first-order chi connectivity index (χ1) is 28.9. The lowest BCUT2D eigenvalue weighted by Crippen LogP contribution is -2.63. The van der Waals surface area contributed by atoms with Gasteiger partial charge in [0, 0.05) is 6.54 Å². The molecule has 0 aliphatic heterocycles. The highest BCUT2D eigenvalue weighted by atomic mass is 16.4. The van der Waals surface area contributed by atoms with Crippen molar-refractivity contribution in [2.24, 2.45) is 39.9 Å².